The average Bonchev–Trinajstić information content (AvgIpc) is 2.67. The zero-order valence-corrected chi connectivity index (χ0v) is 14.6. The predicted octanol–water partition coefficient (Wildman–Crippen LogP) is 1.78. The van der Waals surface area contributed by atoms with Crippen molar-refractivity contribution in [1.29, 1.82) is 0 Å². The summed E-state index contributed by atoms with van der Waals surface area (Å²) < 4.78 is 16.7. The Balaban J connectivity index is 1.72. The van der Waals surface area contributed by atoms with Gasteiger partial charge in [0.15, 0.2) is 18.2 Å². The molecule has 3 heterocycles. The number of anilines is 2. The molecule has 0 saturated carbocycles. The number of rotatable bonds is 3. The van der Waals surface area contributed by atoms with Crippen molar-refractivity contribution in [2.75, 3.05) is 37.1 Å². The molecule has 0 bridgehead atoms. The molecule has 8 heteroatoms. The van der Waals surface area contributed by atoms with E-state index in [9.17, 15) is 4.79 Å². The van der Waals surface area contributed by atoms with E-state index in [1.807, 2.05) is 31.2 Å². The molecule has 2 aromatic rings. The minimum atomic E-state index is -0.223. The highest BCUT2D eigenvalue weighted by Gasteiger charge is 2.32. The maximum absolute atomic E-state index is 11.6. The molecule has 1 aromatic carbocycles. The zero-order chi connectivity index (χ0) is 18.1. The first kappa shape index (κ1) is 16.6. The monoisotopic (exact) mass is 356 g/mol. The summed E-state index contributed by atoms with van der Waals surface area (Å²) in [6.45, 7) is 3.10. The van der Waals surface area contributed by atoms with Gasteiger partial charge in [0.2, 0.25) is 5.95 Å². The van der Waals surface area contributed by atoms with E-state index in [4.69, 9.17) is 14.2 Å². The second kappa shape index (κ2) is 6.80. The fourth-order valence-corrected chi connectivity index (χ4v) is 3.23. The van der Waals surface area contributed by atoms with E-state index in [0.29, 0.717) is 30.7 Å². The number of amides is 1. The molecule has 0 aliphatic carbocycles. The fourth-order valence-electron chi connectivity index (χ4n) is 3.23. The van der Waals surface area contributed by atoms with E-state index < -0.39 is 0 Å². The van der Waals surface area contributed by atoms with E-state index in [1.54, 1.807) is 13.3 Å². The van der Waals surface area contributed by atoms with Crippen LogP contribution in [0.1, 0.15) is 18.5 Å². The second-order valence-electron chi connectivity index (χ2n) is 6.27. The lowest BCUT2D eigenvalue weighted by Crippen LogP contribution is -2.44. The number of hydrogen-bond acceptors (Lipinski definition) is 7. The summed E-state index contributed by atoms with van der Waals surface area (Å²) in [6.07, 6.45) is 1.63. The Kier molecular flexibility index (Phi) is 4.34. The molecule has 2 atom stereocenters. The molecule has 1 N–H and O–H groups in total. The number of aromatic nitrogens is 2. The highest BCUT2D eigenvalue weighted by atomic mass is 16.5. The third-order valence-electron chi connectivity index (χ3n) is 4.48. The van der Waals surface area contributed by atoms with Gasteiger partial charge in [-0.3, -0.25) is 4.79 Å². The van der Waals surface area contributed by atoms with Crippen LogP contribution in [0.4, 0.5) is 11.8 Å². The van der Waals surface area contributed by atoms with Crippen LogP contribution < -0.4 is 19.7 Å². The van der Waals surface area contributed by atoms with Crippen LogP contribution in [0.3, 0.4) is 0 Å². The van der Waals surface area contributed by atoms with Crippen molar-refractivity contribution in [3.63, 3.8) is 0 Å². The lowest BCUT2D eigenvalue weighted by molar-refractivity contribution is -0.118. The molecule has 8 nitrogen and oxygen atoms in total. The van der Waals surface area contributed by atoms with Gasteiger partial charge in [0.1, 0.15) is 5.75 Å². The van der Waals surface area contributed by atoms with Gasteiger partial charge in [0, 0.05) is 12.1 Å². The smallest absolute Gasteiger partial charge is 0.263 e. The van der Waals surface area contributed by atoms with Crippen molar-refractivity contribution >= 4 is 17.7 Å². The van der Waals surface area contributed by atoms with E-state index in [2.05, 4.69) is 20.2 Å². The van der Waals surface area contributed by atoms with Gasteiger partial charge in [-0.15, -0.1) is 0 Å². The Labute approximate surface area is 151 Å². The molecule has 0 spiro atoms. The number of hydrogen-bond donors (Lipinski definition) is 1. The third kappa shape index (κ3) is 3.03. The first-order valence-electron chi connectivity index (χ1n) is 8.46. The predicted molar refractivity (Wildman–Crippen MR) is 94.7 cm³/mol. The minimum Gasteiger partial charge on any atom is -0.496 e. The number of benzene rings is 1. The molecule has 2 aliphatic heterocycles. The maximum Gasteiger partial charge on any atom is 0.263 e. The van der Waals surface area contributed by atoms with Gasteiger partial charge >= 0.3 is 0 Å². The quantitative estimate of drug-likeness (QED) is 0.897. The summed E-state index contributed by atoms with van der Waals surface area (Å²) in [4.78, 5) is 22.6. The van der Waals surface area contributed by atoms with Gasteiger partial charge in [0.25, 0.3) is 5.91 Å². The standard InChI is InChI=1S/C18H20N4O4/c1-11-8-22(13(9-25-11)12-5-3-4-6-14(12)24-2)18-19-7-15-17(21-18)20-16(23)10-26-15/h3-7,11,13H,8-10H2,1-2H3,(H,19,20,21,23)/t11-,13+/m1/s1. The number of morpholine rings is 1. The molecule has 4 rings (SSSR count). The molecule has 26 heavy (non-hydrogen) atoms. The summed E-state index contributed by atoms with van der Waals surface area (Å²) in [5.74, 6) is 1.95. The van der Waals surface area contributed by atoms with Gasteiger partial charge in [0.05, 0.1) is 32.1 Å². The SMILES string of the molecule is COc1ccccc1[C@@H]1CO[C@H](C)CN1c1ncc2c(n1)NC(=O)CO2. The Morgan fingerprint density at radius 3 is 3.04 bits per heavy atom. The molecule has 0 radical (unpaired) electrons. The fraction of sp³-hybridized carbons (Fsp3) is 0.389. The van der Waals surface area contributed by atoms with Crippen molar-refractivity contribution in [1.82, 2.24) is 9.97 Å². The Morgan fingerprint density at radius 1 is 1.35 bits per heavy atom. The van der Waals surface area contributed by atoms with Crippen molar-refractivity contribution in [3.05, 3.63) is 36.0 Å². The number of fused-ring (bicyclic) bond motifs is 1. The molecule has 0 unspecified atom stereocenters. The van der Waals surface area contributed by atoms with Crippen molar-refractivity contribution < 1.29 is 19.0 Å². The number of ether oxygens (including phenoxy) is 3. The summed E-state index contributed by atoms with van der Waals surface area (Å²) in [7, 11) is 1.65. The Bertz CT molecular complexity index is 829. The van der Waals surface area contributed by atoms with Gasteiger partial charge in [-0.05, 0) is 13.0 Å². The molecule has 1 saturated heterocycles. The van der Waals surface area contributed by atoms with Gasteiger partial charge in [-0.1, -0.05) is 18.2 Å². The van der Waals surface area contributed by atoms with Gasteiger partial charge < -0.3 is 24.4 Å². The molecular formula is C18H20N4O4. The van der Waals surface area contributed by atoms with Crippen LogP contribution in [0, 0.1) is 0 Å². The lowest BCUT2D eigenvalue weighted by Gasteiger charge is -2.39. The van der Waals surface area contributed by atoms with Crippen LogP contribution in [-0.4, -0.2) is 48.8 Å². The van der Waals surface area contributed by atoms with Crippen molar-refractivity contribution in [2.24, 2.45) is 0 Å². The lowest BCUT2D eigenvalue weighted by atomic mass is 10.0. The molecule has 1 aromatic heterocycles. The van der Waals surface area contributed by atoms with E-state index in [0.717, 1.165) is 11.3 Å². The Hall–Kier alpha value is -2.87. The number of nitrogens with one attached hydrogen (secondary N) is 1. The zero-order valence-electron chi connectivity index (χ0n) is 14.6. The highest BCUT2D eigenvalue weighted by molar-refractivity contribution is 5.94. The largest absolute Gasteiger partial charge is 0.496 e. The topological polar surface area (TPSA) is 85.8 Å². The normalized spacial score (nSPS) is 22.2. The summed E-state index contributed by atoms with van der Waals surface area (Å²) in [6, 6.07) is 7.74. The Morgan fingerprint density at radius 2 is 2.19 bits per heavy atom. The average molecular weight is 356 g/mol. The van der Waals surface area contributed by atoms with Gasteiger partial charge in [-0.25, -0.2) is 4.98 Å². The number of carbonyl (C=O) groups excluding carboxylic acids is 1. The number of nitrogens with zero attached hydrogens (tertiary/aromatic N) is 3. The maximum atomic E-state index is 11.6. The summed E-state index contributed by atoms with van der Waals surface area (Å²) in [5.41, 5.74) is 1.00. The van der Waals surface area contributed by atoms with Crippen LogP contribution in [-0.2, 0) is 9.53 Å². The van der Waals surface area contributed by atoms with E-state index >= 15 is 0 Å². The van der Waals surface area contributed by atoms with Crippen LogP contribution in [0.25, 0.3) is 0 Å². The van der Waals surface area contributed by atoms with Crippen molar-refractivity contribution in [3.8, 4) is 11.5 Å². The number of carbonyl (C=O) groups is 1. The van der Waals surface area contributed by atoms with E-state index in [-0.39, 0.29) is 24.7 Å². The molecular weight excluding hydrogens is 336 g/mol. The van der Waals surface area contributed by atoms with Crippen LogP contribution in [0.2, 0.25) is 0 Å². The highest BCUT2D eigenvalue weighted by Crippen LogP contribution is 2.36. The number of methoxy groups -OCH3 is 1. The minimum absolute atomic E-state index is 0.0197. The molecule has 1 fully saturated rings. The van der Waals surface area contributed by atoms with Crippen molar-refractivity contribution in [2.45, 2.75) is 19.1 Å². The van der Waals surface area contributed by atoms with Crippen LogP contribution >= 0.6 is 0 Å². The summed E-state index contributed by atoms with van der Waals surface area (Å²) >= 11 is 0. The van der Waals surface area contributed by atoms with E-state index in [1.165, 1.54) is 0 Å². The van der Waals surface area contributed by atoms with Crippen LogP contribution in [0.5, 0.6) is 11.5 Å². The number of para-hydroxylation sites is 1. The van der Waals surface area contributed by atoms with Gasteiger partial charge in [-0.2, -0.15) is 4.98 Å². The molecule has 2 aliphatic rings. The first-order valence-corrected chi connectivity index (χ1v) is 8.46. The first-order chi connectivity index (χ1) is 12.7. The van der Waals surface area contributed by atoms with Crippen LogP contribution in [0.15, 0.2) is 30.5 Å². The third-order valence-corrected chi connectivity index (χ3v) is 4.48. The second-order valence-corrected chi connectivity index (χ2v) is 6.27. The molecule has 1 amide bonds. The molecule has 136 valence electrons. The summed E-state index contributed by atoms with van der Waals surface area (Å²) in [5, 5.41) is 2.73.